The first-order valence-corrected chi connectivity index (χ1v) is 8.76. The van der Waals surface area contributed by atoms with Gasteiger partial charge in [-0.3, -0.25) is 0 Å². The Bertz CT molecular complexity index is 535. The van der Waals surface area contributed by atoms with Gasteiger partial charge in [-0.05, 0) is 43.4 Å². The van der Waals surface area contributed by atoms with E-state index in [4.69, 9.17) is 9.84 Å². The highest BCUT2D eigenvalue weighted by Gasteiger charge is 2.25. The normalized spacial score (nSPS) is 19.9. The Balaban J connectivity index is 2.05. The van der Waals surface area contributed by atoms with Crippen molar-refractivity contribution in [2.24, 2.45) is 0 Å². The molecule has 1 aromatic carbocycles. The van der Waals surface area contributed by atoms with Gasteiger partial charge in [0.25, 0.3) is 0 Å². The Morgan fingerprint density at radius 3 is 2.57 bits per heavy atom. The first-order chi connectivity index (χ1) is 10.0. The zero-order chi connectivity index (χ0) is 15.3. The van der Waals surface area contributed by atoms with Gasteiger partial charge in [0.05, 0.1) is 11.0 Å². The maximum absolute atomic E-state index is 12.5. The van der Waals surface area contributed by atoms with Crippen LogP contribution in [-0.2, 0) is 21.2 Å². The molecule has 0 amide bonds. The highest BCUT2D eigenvalue weighted by Crippen LogP contribution is 2.19. The Hall–Kier alpha value is -0.950. The molecule has 0 bridgehead atoms. The molecule has 5 nitrogen and oxygen atoms in total. The lowest BCUT2D eigenvalue weighted by Crippen LogP contribution is -2.37. The zero-order valence-corrected chi connectivity index (χ0v) is 13.2. The summed E-state index contributed by atoms with van der Waals surface area (Å²) in [5, 5.41) is 8.88. The number of nitrogens with zero attached hydrogens (tertiary/aromatic N) is 1. The molecule has 1 unspecified atom stereocenters. The topological polar surface area (TPSA) is 66.8 Å². The molecule has 21 heavy (non-hydrogen) atoms. The molecule has 118 valence electrons. The molecule has 0 radical (unpaired) electrons. The van der Waals surface area contributed by atoms with Crippen LogP contribution in [0.4, 0.5) is 0 Å². The number of benzene rings is 1. The van der Waals surface area contributed by atoms with Crippen LogP contribution in [-0.4, -0.2) is 50.7 Å². The van der Waals surface area contributed by atoms with Gasteiger partial charge in [0.2, 0.25) is 10.0 Å². The molecule has 1 aliphatic heterocycles. The lowest BCUT2D eigenvalue weighted by atomic mass is 10.1. The summed E-state index contributed by atoms with van der Waals surface area (Å²) in [7, 11) is -1.89. The minimum absolute atomic E-state index is 0.00723. The van der Waals surface area contributed by atoms with Crippen LogP contribution in [0.3, 0.4) is 0 Å². The van der Waals surface area contributed by atoms with Crippen molar-refractivity contribution in [3.63, 3.8) is 0 Å². The van der Waals surface area contributed by atoms with Crippen molar-refractivity contribution in [3.05, 3.63) is 29.8 Å². The Morgan fingerprint density at radius 2 is 2.00 bits per heavy atom. The van der Waals surface area contributed by atoms with Crippen LogP contribution in [0, 0.1) is 0 Å². The van der Waals surface area contributed by atoms with Crippen LogP contribution in [0.1, 0.15) is 24.8 Å². The van der Waals surface area contributed by atoms with Crippen molar-refractivity contribution < 1.29 is 18.3 Å². The standard InChI is InChI=1S/C15H23NO4S/c1-16(12-14-4-2-3-11-20-14)21(18,19)15-7-5-13(6-8-15)9-10-17/h5-8,14,17H,2-4,9-12H2,1H3. The first-order valence-electron chi connectivity index (χ1n) is 7.32. The van der Waals surface area contributed by atoms with Crippen LogP contribution in [0.5, 0.6) is 0 Å². The highest BCUT2D eigenvalue weighted by atomic mass is 32.2. The molecule has 1 aromatic rings. The van der Waals surface area contributed by atoms with Crippen molar-refractivity contribution in [1.82, 2.24) is 4.31 Å². The fourth-order valence-electron chi connectivity index (χ4n) is 2.47. The third-order valence-corrected chi connectivity index (χ3v) is 5.60. The Labute approximate surface area is 126 Å². The monoisotopic (exact) mass is 313 g/mol. The summed E-state index contributed by atoms with van der Waals surface area (Å²) < 4.78 is 32.0. The number of hydrogen-bond acceptors (Lipinski definition) is 4. The number of aliphatic hydroxyl groups excluding tert-OH is 1. The predicted octanol–water partition coefficient (Wildman–Crippen LogP) is 1.41. The van der Waals surface area contributed by atoms with Crippen molar-refractivity contribution in [3.8, 4) is 0 Å². The number of sulfonamides is 1. The zero-order valence-electron chi connectivity index (χ0n) is 12.4. The molecule has 0 saturated carbocycles. The lowest BCUT2D eigenvalue weighted by Gasteiger charge is -2.27. The van der Waals surface area contributed by atoms with Gasteiger partial charge in [-0.15, -0.1) is 0 Å². The molecular weight excluding hydrogens is 290 g/mol. The third kappa shape index (κ3) is 4.26. The summed E-state index contributed by atoms with van der Waals surface area (Å²) in [6.07, 6.45) is 3.59. The van der Waals surface area contributed by atoms with Gasteiger partial charge in [0.15, 0.2) is 0 Å². The minimum Gasteiger partial charge on any atom is -0.396 e. The van der Waals surface area contributed by atoms with Gasteiger partial charge >= 0.3 is 0 Å². The average molecular weight is 313 g/mol. The molecule has 1 fully saturated rings. The predicted molar refractivity (Wildman–Crippen MR) is 80.6 cm³/mol. The summed E-state index contributed by atoms with van der Waals surface area (Å²) in [5.74, 6) is 0. The van der Waals surface area contributed by atoms with E-state index >= 15 is 0 Å². The molecule has 6 heteroatoms. The fraction of sp³-hybridized carbons (Fsp3) is 0.600. The van der Waals surface area contributed by atoms with Crippen LogP contribution in [0.25, 0.3) is 0 Å². The first kappa shape index (κ1) is 16.4. The molecule has 2 rings (SSSR count). The number of ether oxygens (including phenoxy) is 1. The van der Waals surface area contributed by atoms with Gasteiger partial charge in [-0.2, -0.15) is 4.31 Å². The summed E-state index contributed by atoms with van der Waals surface area (Å²) in [5.41, 5.74) is 0.926. The molecule has 1 atom stereocenters. The fourth-order valence-corrected chi connectivity index (χ4v) is 3.68. The molecular formula is C15H23NO4S. The van der Waals surface area contributed by atoms with Crippen molar-refractivity contribution in [2.75, 3.05) is 26.8 Å². The van der Waals surface area contributed by atoms with Crippen LogP contribution in [0.15, 0.2) is 29.2 Å². The number of rotatable bonds is 6. The minimum atomic E-state index is -3.48. The maximum Gasteiger partial charge on any atom is 0.242 e. The summed E-state index contributed by atoms with van der Waals surface area (Å²) in [6, 6.07) is 6.68. The molecule has 0 aromatic heterocycles. The molecule has 1 aliphatic rings. The molecule has 0 spiro atoms. The van der Waals surface area contributed by atoms with E-state index in [2.05, 4.69) is 0 Å². The molecule has 1 N–H and O–H groups in total. The van der Waals surface area contributed by atoms with Gasteiger partial charge in [0.1, 0.15) is 0 Å². The average Bonchev–Trinajstić information content (AvgIpc) is 2.49. The second kappa shape index (κ2) is 7.35. The van der Waals surface area contributed by atoms with Crippen molar-refractivity contribution in [1.29, 1.82) is 0 Å². The quantitative estimate of drug-likeness (QED) is 0.862. The largest absolute Gasteiger partial charge is 0.396 e. The Kier molecular flexibility index (Phi) is 5.75. The number of aliphatic hydroxyl groups is 1. The number of hydrogen-bond donors (Lipinski definition) is 1. The summed E-state index contributed by atoms with van der Waals surface area (Å²) in [4.78, 5) is 0.280. The van der Waals surface area contributed by atoms with E-state index in [0.29, 0.717) is 19.6 Å². The SMILES string of the molecule is CN(CC1CCCCO1)S(=O)(=O)c1ccc(CCO)cc1. The lowest BCUT2D eigenvalue weighted by molar-refractivity contribution is 0.00858. The van der Waals surface area contributed by atoms with E-state index in [9.17, 15) is 8.42 Å². The van der Waals surface area contributed by atoms with Crippen LogP contribution < -0.4 is 0 Å². The van der Waals surface area contributed by atoms with Crippen molar-refractivity contribution >= 4 is 10.0 Å². The smallest absolute Gasteiger partial charge is 0.242 e. The van der Waals surface area contributed by atoms with Gasteiger partial charge in [-0.25, -0.2) is 8.42 Å². The van der Waals surface area contributed by atoms with E-state index < -0.39 is 10.0 Å². The number of likely N-dealkylation sites (N-methyl/N-ethyl adjacent to an activating group) is 1. The molecule has 1 heterocycles. The van der Waals surface area contributed by atoms with E-state index in [1.807, 2.05) is 0 Å². The third-order valence-electron chi connectivity index (χ3n) is 3.77. The van der Waals surface area contributed by atoms with Gasteiger partial charge in [0, 0.05) is 26.8 Å². The van der Waals surface area contributed by atoms with Gasteiger partial charge in [-0.1, -0.05) is 12.1 Å². The molecule has 0 aliphatic carbocycles. The van der Waals surface area contributed by atoms with E-state index in [1.54, 1.807) is 31.3 Å². The summed E-state index contributed by atoms with van der Waals surface area (Å²) in [6.45, 7) is 1.17. The van der Waals surface area contributed by atoms with E-state index in [-0.39, 0.29) is 17.6 Å². The highest BCUT2D eigenvalue weighted by molar-refractivity contribution is 7.89. The van der Waals surface area contributed by atoms with E-state index in [1.165, 1.54) is 4.31 Å². The summed E-state index contributed by atoms with van der Waals surface area (Å²) >= 11 is 0. The second-order valence-electron chi connectivity index (χ2n) is 5.39. The van der Waals surface area contributed by atoms with Crippen molar-refractivity contribution in [2.45, 2.75) is 36.7 Å². The maximum atomic E-state index is 12.5. The second-order valence-corrected chi connectivity index (χ2v) is 7.44. The van der Waals surface area contributed by atoms with Crippen LogP contribution >= 0.6 is 0 Å². The van der Waals surface area contributed by atoms with E-state index in [0.717, 1.165) is 24.8 Å². The van der Waals surface area contributed by atoms with Crippen LogP contribution in [0.2, 0.25) is 0 Å². The Morgan fingerprint density at radius 1 is 1.29 bits per heavy atom. The molecule has 1 saturated heterocycles. The van der Waals surface area contributed by atoms with Gasteiger partial charge < -0.3 is 9.84 Å².